The van der Waals surface area contributed by atoms with Crippen LogP contribution in [0.5, 0.6) is 0 Å². The van der Waals surface area contributed by atoms with E-state index in [2.05, 4.69) is 35.8 Å². The molecule has 0 N–H and O–H groups in total. The monoisotopic (exact) mass is 249 g/mol. The van der Waals surface area contributed by atoms with Gasteiger partial charge in [0.15, 0.2) is 0 Å². The predicted molar refractivity (Wildman–Crippen MR) is 76.7 cm³/mol. The summed E-state index contributed by atoms with van der Waals surface area (Å²) in [7, 11) is 2.17. The first kappa shape index (κ1) is 15.1. The molecule has 1 saturated heterocycles. The Labute approximate surface area is 112 Å². The molecule has 18 heavy (non-hydrogen) atoms. The van der Waals surface area contributed by atoms with Gasteiger partial charge in [0.2, 0.25) is 0 Å². The molecule has 1 aromatic heterocycles. The molecule has 0 spiro atoms. The Morgan fingerprint density at radius 1 is 1.11 bits per heavy atom. The highest BCUT2D eigenvalue weighted by Crippen LogP contribution is 2.23. The zero-order valence-electron chi connectivity index (χ0n) is 12.1. The molecule has 0 radical (unpaired) electrons. The van der Waals surface area contributed by atoms with Crippen LogP contribution in [0.1, 0.15) is 57.7 Å². The number of aromatic nitrogens is 2. The van der Waals surface area contributed by atoms with Gasteiger partial charge in [-0.05, 0) is 39.0 Å². The van der Waals surface area contributed by atoms with Crippen LogP contribution in [0.15, 0.2) is 18.5 Å². The van der Waals surface area contributed by atoms with Crippen LogP contribution in [-0.4, -0.2) is 35.0 Å². The summed E-state index contributed by atoms with van der Waals surface area (Å²) in [6.45, 7) is 6.76. The first-order valence-electron chi connectivity index (χ1n) is 7.23. The van der Waals surface area contributed by atoms with Crippen molar-refractivity contribution in [1.82, 2.24) is 14.9 Å². The van der Waals surface area contributed by atoms with Crippen LogP contribution in [0.4, 0.5) is 0 Å². The van der Waals surface area contributed by atoms with E-state index in [-0.39, 0.29) is 0 Å². The van der Waals surface area contributed by atoms with E-state index in [4.69, 9.17) is 0 Å². The second kappa shape index (κ2) is 9.03. The average molecular weight is 249 g/mol. The Hall–Kier alpha value is -0.960. The lowest BCUT2D eigenvalue weighted by Crippen LogP contribution is -2.29. The van der Waals surface area contributed by atoms with Crippen molar-refractivity contribution in [2.75, 3.05) is 20.1 Å². The Morgan fingerprint density at radius 3 is 2.11 bits per heavy atom. The smallest absolute Gasteiger partial charge is 0.131 e. The average Bonchev–Trinajstić information content (AvgIpc) is 2.42. The maximum Gasteiger partial charge on any atom is 0.131 e. The summed E-state index contributed by atoms with van der Waals surface area (Å²) in [4.78, 5) is 11.0. The molecular formula is C15H27N3. The van der Waals surface area contributed by atoms with E-state index in [9.17, 15) is 0 Å². The van der Waals surface area contributed by atoms with Crippen molar-refractivity contribution in [3.63, 3.8) is 0 Å². The van der Waals surface area contributed by atoms with Crippen LogP contribution in [0.2, 0.25) is 0 Å². The SMILES string of the molecule is CCCCC.CN1CCC(c2ncccn2)CC1. The highest BCUT2D eigenvalue weighted by atomic mass is 15.1. The van der Waals surface area contributed by atoms with E-state index in [0.29, 0.717) is 5.92 Å². The van der Waals surface area contributed by atoms with Crippen LogP contribution in [0.25, 0.3) is 0 Å². The first-order chi connectivity index (χ1) is 8.77. The van der Waals surface area contributed by atoms with Crippen LogP contribution in [0, 0.1) is 0 Å². The van der Waals surface area contributed by atoms with Gasteiger partial charge in [-0.1, -0.05) is 33.1 Å². The lowest BCUT2D eigenvalue weighted by atomic mass is 9.96. The van der Waals surface area contributed by atoms with E-state index >= 15 is 0 Å². The second-order valence-electron chi connectivity index (χ2n) is 5.04. The summed E-state index contributed by atoms with van der Waals surface area (Å²) in [5, 5.41) is 0. The fourth-order valence-electron chi connectivity index (χ4n) is 2.14. The molecule has 0 atom stereocenters. The van der Waals surface area contributed by atoms with Gasteiger partial charge in [0.25, 0.3) is 0 Å². The van der Waals surface area contributed by atoms with E-state index in [0.717, 1.165) is 5.82 Å². The van der Waals surface area contributed by atoms with Gasteiger partial charge in [-0.2, -0.15) is 0 Å². The van der Waals surface area contributed by atoms with Gasteiger partial charge in [-0.3, -0.25) is 0 Å². The number of piperidine rings is 1. The van der Waals surface area contributed by atoms with E-state index in [1.807, 2.05) is 18.5 Å². The summed E-state index contributed by atoms with van der Waals surface area (Å²) in [5.41, 5.74) is 0. The number of hydrogen-bond acceptors (Lipinski definition) is 3. The molecule has 0 aromatic carbocycles. The third-order valence-electron chi connectivity index (χ3n) is 3.38. The van der Waals surface area contributed by atoms with Gasteiger partial charge >= 0.3 is 0 Å². The summed E-state index contributed by atoms with van der Waals surface area (Å²) in [6, 6.07) is 1.87. The highest BCUT2D eigenvalue weighted by molar-refractivity contribution is 4.98. The lowest BCUT2D eigenvalue weighted by Gasteiger charge is -2.27. The zero-order chi connectivity index (χ0) is 13.2. The number of nitrogens with zero attached hydrogens (tertiary/aromatic N) is 3. The largest absolute Gasteiger partial charge is 0.306 e. The van der Waals surface area contributed by atoms with E-state index in [1.165, 1.54) is 45.2 Å². The van der Waals surface area contributed by atoms with Crippen molar-refractivity contribution in [3.8, 4) is 0 Å². The van der Waals surface area contributed by atoms with Crippen LogP contribution in [-0.2, 0) is 0 Å². The van der Waals surface area contributed by atoms with Crippen LogP contribution >= 0.6 is 0 Å². The van der Waals surface area contributed by atoms with Crippen molar-refractivity contribution in [2.24, 2.45) is 0 Å². The van der Waals surface area contributed by atoms with Crippen molar-refractivity contribution in [2.45, 2.75) is 51.9 Å². The van der Waals surface area contributed by atoms with Gasteiger partial charge in [-0.15, -0.1) is 0 Å². The fraction of sp³-hybridized carbons (Fsp3) is 0.733. The number of unbranched alkanes of at least 4 members (excludes halogenated alkanes) is 2. The van der Waals surface area contributed by atoms with Crippen molar-refractivity contribution < 1.29 is 0 Å². The number of hydrogen-bond donors (Lipinski definition) is 0. The molecule has 2 rings (SSSR count). The molecule has 0 unspecified atom stereocenters. The Kier molecular flexibility index (Phi) is 7.58. The Bertz CT molecular complexity index is 290. The highest BCUT2D eigenvalue weighted by Gasteiger charge is 2.19. The molecule has 3 nitrogen and oxygen atoms in total. The van der Waals surface area contributed by atoms with E-state index in [1.54, 1.807) is 0 Å². The van der Waals surface area contributed by atoms with Gasteiger partial charge in [-0.25, -0.2) is 9.97 Å². The minimum absolute atomic E-state index is 0.581. The Balaban J connectivity index is 0.000000280. The molecule has 1 fully saturated rings. The third-order valence-corrected chi connectivity index (χ3v) is 3.38. The third kappa shape index (κ3) is 5.58. The quantitative estimate of drug-likeness (QED) is 0.821. The van der Waals surface area contributed by atoms with Crippen molar-refractivity contribution in [1.29, 1.82) is 0 Å². The molecule has 3 heteroatoms. The van der Waals surface area contributed by atoms with Crippen LogP contribution < -0.4 is 0 Å². The van der Waals surface area contributed by atoms with Crippen molar-refractivity contribution in [3.05, 3.63) is 24.3 Å². The topological polar surface area (TPSA) is 29.0 Å². The van der Waals surface area contributed by atoms with Gasteiger partial charge in [0.1, 0.15) is 5.82 Å². The second-order valence-corrected chi connectivity index (χ2v) is 5.04. The maximum absolute atomic E-state index is 4.30. The summed E-state index contributed by atoms with van der Waals surface area (Å²) >= 11 is 0. The molecule has 1 aliphatic heterocycles. The molecule has 2 heterocycles. The molecule has 0 amide bonds. The molecule has 102 valence electrons. The molecule has 1 aromatic rings. The van der Waals surface area contributed by atoms with Crippen molar-refractivity contribution >= 4 is 0 Å². The molecule has 1 aliphatic rings. The van der Waals surface area contributed by atoms with Gasteiger partial charge < -0.3 is 4.90 Å². The molecule has 0 saturated carbocycles. The summed E-state index contributed by atoms with van der Waals surface area (Å²) < 4.78 is 0. The van der Waals surface area contributed by atoms with Crippen LogP contribution in [0.3, 0.4) is 0 Å². The normalized spacial score (nSPS) is 17.1. The lowest BCUT2D eigenvalue weighted by molar-refractivity contribution is 0.251. The summed E-state index contributed by atoms with van der Waals surface area (Å²) in [6.07, 6.45) is 10.1. The number of likely N-dealkylation sites (tertiary alicyclic amines) is 1. The predicted octanol–water partition coefficient (Wildman–Crippen LogP) is 3.48. The standard InChI is InChI=1S/C10H15N3.C5H12/c1-13-7-3-9(4-8-13)10-11-5-2-6-12-10;1-3-5-4-2/h2,5-6,9H,3-4,7-8H2,1H3;3-5H2,1-2H3. The first-order valence-corrected chi connectivity index (χ1v) is 7.23. The van der Waals surface area contributed by atoms with E-state index < -0.39 is 0 Å². The number of rotatable bonds is 3. The zero-order valence-corrected chi connectivity index (χ0v) is 12.1. The molecular weight excluding hydrogens is 222 g/mol. The molecule has 0 aliphatic carbocycles. The minimum atomic E-state index is 0.581. The Morgan fingerprint density at radius 2 is 1.67 bits per heavy atom. The maximum atomic E-state index is 4.30. The van der Waals surface area contributed by atoms with Gasteiger partial charge in [0, 0.05) is 18.3 Å². The minimum Gasteiger partial charge on any atom is -0.306 e. The fourth-order valence-corrected chi connectivity index (χ4v) is 2.14. The summed E-state index contributed by atoms with van der Waals surface area (Å²) in [5.74, 6) is 1.60. The molecule has 0 bridgehead atoms. The van der Waals surface area contributed by atoms with Gasteiger partial charge in [0.05, 0.1) is 0 Å².